The van der Waals surface area contributed by atoms with E-state index in [0.717, 1.165) is 29.0 Å². The molecule has 8 atom stereocenters. The molecule has 3 aromatic carbocycles. The van der Waals surface area contributed by atoms with Crippen molar-refractivity contribution in [3.63, 3.8) is 0 Å². The first-order valence-electron chi connectivity index (χ1n) is 20.4. The van der Waals surface area contributed by atoms with Crippen LogP contribution in [-0.2, 0) is 6.61 Å². The average Bonchev–Trinajstić information content (AvgIpc) is 3.10. The summed E-state index contributed by atoms with van der Waals surface area (Å²) in [4.78, 5) is 0. The van der Waals surface area contributed by atoms with E-state index < -0.39 is 0 Å². The molecule has 0 amide bonds. The van der Waals surface area contributed by atoms with Gasteiger partial charge in [0.05, 0.1) is 14.2 Å². The van der Waals surface area contributed by atoms with Crippen LogP contribution >= 0.6 is 0 Å². The van der Waals surface area contributed by atoms with Gasteiger partial charge in [0, 0.05) is 23.0 Å². The number of phenolic OH excluding ortho intramolecular Hbond substituents is 1. The standard InChI is InChI=1S/C28H36O2.C21H30O2/c1-17(2)14-22-15-19(4)23-13-12-18(3)24-26(23)25(22)20(5)27(29-6)28(24)30-16-21-10-8-7-9-11-21;1-11(2)9-15-10-13(4)16-8-7-12(3)17-19(16)18(15)14(5)21(23-6)20(17)22/h7-11,14,18-19,22-23H,12-13,15-16H2,1-6H3;9,12-13,15-16,22H,7-8,10H2,1-6H3/t18-,19-,22+,23+;12-,13-,15+,16+/m00/s1. The Labute approximate surface area is 321 Å². The molecule has 0 unspecified atom stereocenters. The van der Waals surface area contributed by atoms with Gasteiger partial charge < -0.3 is 19.3 Å². The normalized spacial score (nSPS) is 26.6. The minimum Gasteiger partial charge on any atom is -0.504 e. The van der Waals surface area contributed by atoms with E-state index in [1.165, 1.54) is 76.6 Å². The van der Waals surface area contributed by atoms with E-state index in [1.54, 1.807) is 19.8 Å². The Morgan fingerprint density at radius 3 is 1.58 bits per heavy atom. The fourth-order valence-corrected chi connectivity index (χ4v) is 10.9. The first-order valence-corrected chi connectivity index (χ1v) is 20.4. The third-order valence-electron chi connectivity index (χ3n) is 13.2. The number of hydrogen-bond acceptors (Lipinski definition) is 4. The quantitative estimate of drug-likeness (QED) is 0.247. The smallest absolute Gasteiger partial charge is 0.165 e. The van der Waals surface area contributed by atoms with Crippen LogP contribution in [0.3, 0.4) is 0 Å². The van der Waals surface area contributed by atoms with Crippen LogP contribution in [0.25, 0.3) is 0 Å². The van der Waals surface area contributed by atoms with Crippen molar-refractivity contribution in [2.75, 3.05) is 14.2 Å². The summed E-state index contributed by atoms with van der Waals surface area (Å²) < 4.78 is 18.2. The monoisotopic (exact) mass is 718 g/mol. The third-order valence-corrected chi connectivity index (χ3v) is 13.2. The van der Waals surface area contributed by atoms with Gasteiger partial charge in [0.2, 0.25) is 0 Å². The maximum atomic E-state index is 10.9. The highest BCUT2D eigenvalue weighted by Crippen LogP contribution is 2.59. The summed E-state index contributed by atoms with van der Waals surface area (Å²) in [6.07, 6.45) is 12.2. The fraction of sp³-hybridized carbons (Fsp3) is 0.551. The van der Waals surface area contributed by atoms with Gasteiger partial charge in [-0.3, -0.25) is 0 Å². The van der Waals surface area contributed by atoms with Crippen molar-refractivity contribution in [1.29, 1.82) is 0 Å². The van der Waals surface area contributed by atoms with Crippen molar-refractivity contribution in [2.24, 2.45) is 11.8 Å². The molecule has 0 bridgehead atoms. The molecule has 0 heterocycles. The average molecular weight is 719 g/mol. The van der Waals surface area contributed by atoms with Gasteiger partial charge in [0.25, 0.3) is 0 Å². The highest BCUT2D eigenvalue weighted by atomic mass is 16.5. The van der Waals surface area contributed by atoms with Crippen LogP contribution in [0.4, 0.5) is 0 Å². The molecule has 4 aliphatic rings. The van der Waals surface area contributed by atoms with Crippen molar-refractivity contribution in [2.45, 2.75) is 150 Å². The molecule has 0 aromatic heterocycles. The Hall–Kier alpha value is -3.66. The Morgan fingerprint density at radius 1 is 0.623 bits per heavy atom. The Balaban J connectivity index is 0.000000188. The van der Waals surface area contributed by atoms with E-state index >= 15 is 0 Å². The minimum absolute atomic E-state index is 0.394. The molecule has 0 spiro atoms. The topological polar surface area (TPSA) is 47.9 Å². The van der Waals surface area contributed by atoms with Crippen LogP contribution in [0.1, 0.15) is 179 Å². The maximum Gasteiger partial charge on any atom is 0.165 e. The summed E-state index contributed by atoms with van der Waals surface area (Å²) >= 11 is 0. The largest absolute Gasteiger partial charge is 0.504 e. The Kier molecular flexibility index (Phi) is 11.8. The summed E-state index contributed by atoms with van der Waals surface area (Å²) in [6.45, 7) is 23.2. The summed E-state index contributed by atoms with van der Waals surface area (Å²) in [5.41, 5.74) is 14.9. The number of hydrogen-bond donors (Lipinski definition) is 1. The van der Waals surface area contributed by atoms with Crippen LogP contribution in [0.2, 0.25) is 0 Å². The van der Waals surface area contributed by atoms with Crippen molar-refractivity contribution >= 4 is 0 Å². The number of methoxy groups -OCH3 is 2. The summed E-state index contributed by atoms with van der Waals surface area (Å²) in [7, 11) is 3.47. The molecule has 286 valence electrons. The predicted molar refractivity (Wildman–Crippen MR) is 221 cm³/mol. The SMILES string of the molecule is COc1c(C)c2c3c(c1O)[C@@H](C)CC[C@@H]3[C@@H](C)C[C@H]2C=C(C)C.COc1c(C)c2c3c(c1OCc1ccccc1)[C@@H](C)CC[C@@H]3[C@@H](C)C[C@H]2C=C(C)C. The van der Waals surface area contributed by atoms with Crippen molar-refractivity contribution in [3.8, 4) is 23.0 Å². The number of rotatable bonds is 7. The van der Waals surface area contributed by atoms with Gasteiger partial charge in [-0.1, -0.05) is 81.3 Å². The second-order valence-corrected chi connectivity index (χ2v) is 17.5. The molecule has 3 aromatic rings. The lowest BCUT2D eigenvalue weighted by Crippen LogP contribution is -2.28. The number of phenols is 1. The van der Waals surface area contributed by atoms with E-state index in [0.29, 0.717) is 65.4 Å². The lowest BCUT2D eigenvalue weighted by Gasteiger charge is -2.43. The molecule has 1 N–H and O–H groups in total. The van der Waals surface area contributed by atoms with Crippen LogP contribution < -0.4 is 14.2 Å². The molecular weight excluding hydrogens is 653 g/mol. The maximum absolute atomic E-state index is 10.9. The first kappa shape index (κ1) is 39.0. The summed E-state index contributed by atoms with van der Waals surface area (Å²) in [5, 5.41) is 10.9. The first-order chi connectivity index (χ1) is 25.3. The van der Waals surface area contributed by atoms with Gasteiger partial charge in [0.1, 0.15) is 6.61 Å². The third kappa shape index (κ3) is 7.29. The van der Waals surface area contributed by atoms with Crippen LogP contribution in [0, 0.1) is 25.7 Å². The lowest BCUT2D eigenvalue weighted by atomic mass is 9.62. The molecule has 4 nitrogen and oxygen atoms in total. The molecule has 7 rings (SSSR count). The highest BCUT2D eigenvalue weighted by Gasteiger charge is 2.43. The van der Waals surface area contributed by atoms with Crippen LogP contribution in [0.15, 0.2) is 53.6 Å². The molecule has 4 aliphatic carbocycles. The van der Waals surface area contributed by atoms with Crippen molar-refractivity contribution in [1.82, 2.24) is 0 Å². The number of benzene rings is 3. The molecule has 0 saturated carbocycles. The van der Waals surface area contributed by atoms with Gasteiger partial charge in [-0.05, 0) is 155 Å². The molecule has 0 fully saturated rings. The molecule has 0 saturated heterocycles. The summed E-state index contributed by atoms with van der Waals surface area (Å²) in [5.74, 6) is 7.41. The zero-order valence-electron chi connectivity index (χ0n) is 34.8. The second-order valence-electron chi connectivity index (χ2n) is 17.5. The van der Waals surface area contributed by atoms with E-state index in [4.69, 9.17) is 14.2 Å². The van der Waals surface area contributed by atoms with E-state index in [9.17, 15) is 5.11 Å². The molecule has 4 heteroatoms. The highest BCUT2D eigenvalue weighted by molar-refractivity contribution is 5.66. The van der Waals surface area contributed by atoms with Crippen molar-refractivity contribution < 1.29 is 19.3 Å². The zero-order chi connectivity index (χ0) is 38.3. The molecular formula is C49H66O4. The number of allylic oxidation sites excluding steroid dienone is 4. The van der Waals surface area contributed by atoms with Gasteiger partial charge >= 0.3 is 0 Å². The van der Waals surface area contributed by atoms with E-state index in [1.807, 2.05) is 6.07 Å². The Bertz CT molecular complexity index is 1860. The predicted octanol–water partition coefficient (Wildman–Crippen LogP) is 13.4. The van der Waals surface area contributed by atoms with Crippen molar-refractivity contribution in [3.05, 3.63) is 104 Å². The van der Waals surface area contributed by atoms with E-state index in [2.05, 4.69) is 106 Å². The van der Waals surface area contributed by atoms with Gasteiger partial charge in [-0.2, -0.15) is 0 Å². The molecule has 0 aliphatic heterocycles. The minimum atomic E-state index is 0.394. The summed E-state index contributed by atoms with van der Waals surface area (Å²) in [6, 6.07) is 10.4. The number of aromatic hydroxyl groups is 1. The van der Waals surface area contributed by atoms with Gasteiger partial charge in [0.15, 0.2) is 23.0 Å². The van der Waals surface area contributed by atoms with Gasteiger partial charge in [-0.15, -0.1) is 0 Å². The van der Waals surface area contributed by atoms with Crippen LogP contribution in [-0.4, -0.2) is 19.3 Å². The van der Waals surface area contributed by atoms with Gasteiger partial charge in [-0.25, -0.2) is 0 Å². The van der Waals surface area contributed by atoms with E-state index in [-0.39, 0.29) is 0 Å². The second kappa shape index (κ2) is 16.0. The number of ether oxygens (including phenoxy) is 3. The fourth-order valence-electron chi connectivity index (χ4n) is 10.9. The molecule has 0 radical (unpaired) electrons. The van der Waals surface area contributed by atoms with Crippen LogP contribution in [0.5, 0.6) is 23.0 Å². The zero-order valence-corrected chi connectivity index (χ0v) is 34.8. The molecule has 53 heavy (non-hydrogen) atoms. The Morgan fingerprint density at radius 2 is 1.09 bits per heavy atom. The lowest BCUT2D eigenvalue weighted by molar-refractivity contribution is 0.267.